The van der Waals surface area contributed by atoms with Gasteiger partial charge in [0, 0.05) is 24.9 Å². The van der Waals surface area contributed by atoms with Gasteiger partial charge in [0.1, 0.15) is 11.4 Å². The van der Waals surface area contributed by atoms with Crippen molar-refractivity contribution in [3.63, 3.8) is 0 Å². The van der Waals surface area contributed by atoms with Gasteiger partial charge in [0.25, 0.3) is 0 Å². The van der Waals surface area contributed by atoms with Gasteiger partial charge in [-0.15, -0.1) is 0 Å². The van der Waals surface area contributed by atoms with E-state index in [4.69, 9.17) is 4.74 Å². The number of rotatable bonds is 5. The third-order valence-corrected chi connectivity index (χ3v) is 5.83. The predicted octanol–water partition coefficient (Wildman–Crippen LogP) is 3.00. The third-order valence-electron chi connectivity index (χ3n) is 5.83. The molecule has 1 N–H and O–H groups in total. The van der Waals surface area contributed by atoms with Crippen LogP contribution in [0.1, 0.15) is 38.5 Å². The number of carbonyl (C=O) groups is 1. The van der Waals surface area contributed by atoms with E-state index in [9.17, 15) is 4.79 Å². The molecule has 0 aromatic carbocycles. The van der Waals surface area contributed by atoms with Crippen molar-refractivity contribution in [2.45, 2.75) is 44.1 Å². The Hall–Kier alpha value is -1.88. The summed E-state index contributed by atoms with van der Waals surface area (Å²) in [7, 11) is 0. The third kappa shape index (κ3) is 3.43. The molecule has 0 unspecified atom stereocenters. The molecule has 4 rings (SSSR count). The Morgan fingerprint density at radius 2 is 2.28 bits per heavy atom. The Kier molecular flexibility index (Phi) is 4.75. The van der Waals surface area contributed by atoms with Crippen molar-refractivity contribution < 1.29 is 9.53 Å². The summed E-state index contributed by atoms with van der Waals surface area (Å²) < 4.78 is 6.10. The van der Waals surface area contributed by atoms with Crippen LogP contribution in [0.4, 0.5) is 5.82 Å². The van der Waals surface area contributed by atoms with E-state index in [0.717, 1.165) is 69.7 Å². The Balaban J connectivity index is 1.29. The average Bonchev–Trinajstić information content (AvgIpc) is 3.05. The maximum Gasteiger partial charge on any atom is 0.249 e. The molecule has 5 heteroatoms. The number of amides is 1. The first kappa shape index (κ1) is 16.6. The summed E-state index contributed by atoms with van der Waals surface area (Å²) in [5.41, 5.74) is 0.920. The molecule has 5 nitrogen and oxygen atoms in total. The molecule has 1 aromatic rings. The van der Waals surface area contributed by atoms with Crippen molar-refractivity contribution in [2.24, 2.45) is 5.92 Å². The second-order valence-corrected chi connectivity index (χ2v) is 7.47. The lowest BCUT2D eigenvalue weighted by atomic mass is 9.78. The zero-order chi connectivity index (χ0) is 17.1. The van der Waals surface area contributed by atoms with Gasteiger partial charge in [-0.25, -0.2) is 4.98 Å². The minimum absolute atomic E-state index is 0.101. The highest BCUT2D eigenvalue weighted by atomic mass is 16.5. The molecule has 0 saturated carbocycles. The molecule has 134 valence electrons. The first-order valence-electron chi connectivity index (χ1n) is 9.54. The van der Waals surface area contributed by atoms with E-state index in [1.165, 1.54) is 6.42 Å². The Morgan fingerprint density at radius 1 is 1.36 bits per heavy atom. The molecule has 2 aliphatic heterocycles. The summed E-state index contributed by atoms with van der Waals surface area (Å²) in [6.45, 7) is 3.24. The number of hydrogen-bond acceptors (Lipinski definition) is 4. The van der Waals surface area contributed by atoms with Crippen molar-refractivity contribution in [1.82, 2.24) is 9.88 Å². The Morgan fingerprint density at radius 3 is 3.04 bits per heavy atom. The number of anilines is 1. The fourth-order valence-electron chi connectivity index (χ4n) is 4.36. The van der Waals surface area contributed by atoms with Gasteiger partial charge >= 0.3 is 0 Å². The number of allylic oxidation sites excluding steroid dienone is 1. The highest BCUT2D eigenvalue weighted by Crippen LogP contribution is 2.42. The molecule has 1 amide bonds. The quantitative estimate of drug-likeness (QED) is 0.894. The zero-order valence-corrected chi connectivity index (χ0v) is 14.7. The summed E-state index contributed by atoms with van der Waals surface area (Å²) in [5, 5.41) is 3.39. The average molecular weight is 341 g/mol. The van der Waals surface area contributed by atoms with Gasteiger partial charge in [-0.2, -0.15) is 0 Å². The van der Waals surface area contributed by atoms with E-state index in [-0.39, 0.29) is 11.5 Å². The number of aromatic nitrogens is 1. The zero-order valence-electron chi connectivity index (χ0n) is 14.7. The lowest BCUT2D eigenvalue weighted by Crippen LogP contribution is -2.66. The Labute approximate surface area is 149 Å². The highest BCUT2D eigenvalue weighted by Gasteiger charge is 2.54. The fourth-order valence-corrected chi connectivity index (χ4v) is 4.36. The second kappa shape index (κ2) is 7.16. The molecule has 1 atom stereocenters. The molecule has 3 aliphatic rings. The Bertz CT molecular complexity index is 638. The standard InChI is InChI=1S/C20H27N3O2/c24-19(16-6-2-1-3-7-16)23-14-20(15-23)17(10-13-25-20)9-12-22-18-8-4-5-11-21-18/h4-6,8,11,17H,1-3,7,9-10,12-15H2,(H,21,22)/t17-/m0/s1. The molecule has 25 heavy (non-hydrogen) atoms. The smallest absolute Gasteiger partial charge is 0.249 e. The van der Waals surface area contributed by atoms with Crippen LogP contribution in [0, 0.1) is 5.92 Å². The minimum Gasteiger partial charge on any atom is -0.371 e. The molecule has 2 saturated heterocycles. The van der Waals surface area contributed by atoms with Gasteiger partial charge in [-0.1, -0.05) is 12.1 Å². The molecule has 1 spiro atoms. The van der Waals surface area contributed by atoms with Crippen molar-refractivity contribution in [2.75, 3.05) is 31.6 Å². The SMILES string of the molecule is O=C(C1=CCCCC1)N1CC2(C1)OCC[C@@H]2CCNc1ccccn1. The summed E-state index contributed by atoms with van der Waals surface area (Å²) >= 11 is 0. The summed E-state index contributed by atoms with van der Waals surface area (Å²) in [4.78, 5) is 18.9. The number of nitrogens with zero attached hydrogens (tertiary/aromatic N) is 2. The predicted molar refractivity (Wildman–Crippen MR) is 97.3 cm³/mol. The lowest BCUT2D eigenvalue weighted by Gasteiger charge is -2.50. The van der Waals surface area contributed by atoms with Crippen LogP contribution in [0.5, 0.6) is 0 Å². The van der Waals surface area contributed by atoms with Gasteiger partial charge < -0.3 is 15.0 Å². The molecule has 2 fully saturated rings. The van der Waals surface area contributed by atoms with Gasteiger partial charge in [0.15, 0.2) is 0 Å². The van der Waals surface area contributed by atoms with Crippen LogP contribution in [0.15, 0.2) is 36.0 Å². The van der Waals surface area contributed by atoms with Crippen molar-refractivity contribution in [3.8, 4) is 0 Å². The van der Waals surface area contributed by atoms with E-state index in [0.29, 0.717) is 5.92 Å². The molecule has 0 bridgehead atoms. The van der Waals surface area contributed by atoms with Gasteiger partial charge in [0.2, 0.25) is 5.91 Å². The van der Waals surface area contributed by atoms with Crippen molar-refractivity contribution in [3.05, 3.63) is 36.0 Å². The van der Waals surface area contributed by atoms with Crippen LogP contribution in [0.3, 0.4) is 0 Å². The molecular weight excluding hydrogens is 314 g/mol. The maximum absolute atomic E-state index is 12.6. The molecule has 0 radical (unpaired) electrons. The van der Waals surface area contributed by atoms with E-state index in [2.05, 4.69) is 16.4 Å². The van der Waals surface area contributed by atoms with Gasteiger partial charge in [0.05, 0.1) is 13.1 Å². The summed E-state index contributed by atoms with van der Waals surface area (Å²) in [6.07, 6.45) is 10.5. The van der Waals surface area contributed by atoms with Crippen LogP contribution in [0.25, 0.3) is 0 Å². The van der Waals surface area contributed by atoms with Crippen LogP contribution < -0.4 is 5.32 Å². The number of likely N-dealkylation sites (tertiary alicyclic amines) is 1. The topological polar surface area (TPSA) is 54.5 Å². The fraction of sp³-hybridized carbons (Fsp3) is 0.600. The summed E-state index contributed by atoms with van der Waals surface area (Å²) in [5.74, 6) is 1.68. The number of nitrogens with one attached hydrogen (secondary N) is 1. The van der Waals surface area contributed by atoms with Crippen LogP contribution in [-0.4, -0.2) is 47.6 Å². The molecule has 1 aliphatic carbocycles. The van der Waals surface area contributed by atoms with Gasteiger partial charge in [-0.3, -0.25) is 4.79 Å². The van der Waals surface area contributed by atoms with Gasteiger partial charge in [-0.05, 0) is 56.6 Å². The van der Waals surface area contributed by atoms with Crippen molar-refractivity contribution in [1.29, 1.82) is 0 Å². The number of pyridine rings is 1. The second-order valence-electron chi connectivity index (χ2n) is 7.47. The minimum atomic E-state index is -0.101. The number of carbonyl (C=O) groups excluding carboxylic acids is 1. The largest absolute Gasteiger partial charge is 0.371 e. The van der Waals surface area contributed by atoms with Crippen molar-refractivity contribution >= 4 is 11.7 Å². The molecular formula is C20H27N3O2. The number of ether oxygens (including phenoxy) is 1. The molecule has 3 heterocycles. The van der Waals surface area contributed by atoms with E-state index in [1.54, 1.807) is 6.20 Å². The van der Waals surface area contributed by atoms with Crippen LogP contribution in [-0.2, 0) is 9.53 Å². The van der Waals surface area contributed by atoms with Crippen LogP contribution in [0.2, 0.25) is 0 Å². The van der Waals surface area contributed by atoms with Crippen LogP contribution >= 0.6 is 0 Å². The maximum atomic E-state index is 12.6. The molecule has 1 aromatic heterocycles. The highest BCUT2D eigenvalue weighted by molar-refractivity contribution is 5.94. The van der Waals surface area contributed by atoms with E-state index >= 15 is 0 Å². The first-order valence-corrected chi connectivity index (χ1v) is 9.54. The van der Waals surface area contributed by atoms with E-state index in [1.807, 2.05) is 23.1 Å². The monoisotopic (exact) mass is 341 g/mol. The normalized spacial score (nSPS) is 24.7. The lowest BCUT2D eigenvalue weighted by molar-refractivity contribution is -0.161. The first-order chi connectivity index (χ1) is 12.3. The number of hydrogen-bond donors (Lipinski definition) is 1. The summed E-state index contributed by atoms with van der Waals surface area (Å²) in [6, 6.07) is 5.90. The van der Waals surface area contributed by atoms with E-state index < -0.39 is 0 Å².